The first-order valence-corrected chi connectivity index (χ1v) is 4.87. The molecular formula is C11H12N2O3. The number of oxime groups is 1. The molecule has 1 amide bonds. The lowest BCUT2D eigenvalue weighted by Crippen LogP contribution is -2.15. The molecular weight excluding hydrogens is 208 g/mol. The molecule has 2 rings (SSSR count). The largest absolute Gasteiger partial charge is 0.482 e. The van der Waals surface area contributed by atoms with Crippen LogP contribution in [0.15, 0.2) is 29.4 Å². The molecule has 0 saturated heterocycles. The predicted molar refractivity (Wildman–Crippen MR) is 57.8 cm³/mol. The molecule has 1 unspecified atom stereocenters. The molecule has 0 spiro atoms. The number of primary amides is 1. The van der Waals surface area contributed by atoms with Crippen LogP contribution < -0.4 is 5.73 Å². The SMILES string of the molecule is COC1=NOC(c2ccccc2C(N)=O)C1. The first-order chi connectivity index (χ1) is 7.72. The molecule has 5 heteroatoms. The number of hydrogen-bond acceptors (Lipinski definition) is 4. The van der Waals surface area contributed by atoms with Gasteiger partial charge < -0.3 is 15.3 Å². The van der Waals surface area contributed by atoms with Gasteiger partial charge in [0.05, 0.1) is 13.5 Å². The van der Waals surface area contributed by atoms with Gasteiger partial charge in [-0.2, -0.15) is 0 Å². The van der Waals surface area contributed by atoms with E-state index in [1.165, 1.54) is 7.11 Å². The van der Waals surface area contributed by atoms with E-state index in [1.54, 1.807) is 18.2 Å². The topological polar surface area (TPSA) is 73.9 Å². The molecule has 0 bridgehead atoms. The average molecular weight is 220 g/mol. The molecule has 5 nitrogen and oxygen atoms in total. The van der Waals surface area contributed by atoms with Crippen molar-refractivity contribution >= 4 is 11.8 Å². The van der Waals surface area contributed by atoms with Crippen molar-refractivity contribution in [1.82, 2.24) is 0 Å². The molecule has 0 aliphatic carbocycles. The second kappa shape index (κ2) is 4.22. The van der Waals surface area contributed by atoms with Gasteiger partial charge in [0.15, 0.2) is 6.10 Å². The van der Waals surface area contributed by atoms with Crippen molar-refractivity contribution in [2.24, 2.45) is 10.9 Å². The minimum absolute atomic E-state index is 0.293. The van der Waals surface area contributed by atoms with Crippen LogP contribution >= 0.6 is 0 Å². The molecule has 16 heavy (non-hydrogen) atoms. The summed E-state index contributed by atoms with van der Waals surface area (Å²) in [6.07, 6.45) is 0.222. The highest BCUT2D eigenvalue weighted by Crippen LogP contribution is 2.29. The highest BCUT2D eigenvalue weighted by atomic mass is 16.7. The molecule has 0 aromatic heterocycles. The van der Waals surface area contributed by atoms with Gasteiger partial charge in [-0.1, -0.05) is 23.4 Å². The van der Waals surface area contributed by atoms with E-state index in [9.17, 15) is 4.79 Å². The van der Waals surface area contributed by atoms with E-state index in [-0.39, 0.29) is 6.10 Å². The minimum atomic E-state index is -0.468. The van der Waals surface area contributed by atoms with E-state index >= 15 is 0 Å². The molecule has 0 saturated carbocycles. The minimum Gasteiger partial charge on any atom is -0.482 e. The van der Waals surface area contributed by atoms with Gasteiger partial charge in [0.1, 0.15) is 0 Å². The van der Waals surface area contributed by atoms with Crippen molar-refractivity contribution in [1.29, 1.82) is 0 Å². The van der Waals surface area contributed by atoms with E-state index in [0.717, 1.165) is 5.56 Å². The maximum Gasteiger partial charge on any atom is 0.249 e. The molecule has 1 heterocycles. The summed E-state index contributed by atoms with van der Waals surface area (Å²) in [6, 6.07) is 7.07. The van der Waals surface area contributed by atoms with Crippen molar-refractivity contribution in [2.75, 3.05) is 7.11 Å². The zero-order chi connectivity index (χ0) is 11.5. The average Bonchev–Trinajstić information content (AvgIpc) is 2.77. The number of ether oxygens (including phenoxy) is 1. The first-order valence-electron chi connectivity index (χ1n) is 4.87. The van der Waals surface area contributed by atoms with Gasteiger partial charge in [0, 0.05) is 11.1 Å². The summed E-state index contributed by atoms with van der Waals surface area (Å²) in [7, 11) is 1.53. The van der Waals surface area contributed by atoms with Gasteiger partial charge in [0.2, 0.25) is 11.8 Å². The number of carbonyl (C=O) groups excluding carboxylic acids is 1. The second-order valence-corrected chi connectivity index (χ2v) is 3.44. The zero-order valence-electron chi connectivity index (χ0n) is 8.84. The van der Waals surface area contributed by atoms with Crippen LogP contribution in [-0.4, -0.2) is 18.9 Å². The summed E-state index contributed by atoms with van der Waals surface area (Å²) in [6.45, 7) is 0. The number of carbonyl (C=O) groups is 1. The Hall–Kier alpha value is -2.04. The van der Waals surface area contributed by atoms with E-state index in [2.05, 4.69) is 5.16 Å². The van der Waals surface area contributed by atoms with E-state index < -0.39 is 5.91 Å². The second-order valence-electron chi connectivity index (χ2n) is 3.44. The van der Waals surface area contributed by atoms with Crippen LogP contribution in [0.2, 0.25) is 0 Å². The van der Waals surface area contributed by atoms with Crippen molar-refractivity contribution < 1.29 is 14.4 Å². The van der Waals surface area contributed by atoms with Gasteiger partial charge in [-0.05, 0) is 6.07 Å². The fourth-order valence-electron chi connectivity index (χ4n) is 1.65. The van der Waals surface area contributed by atoms with E-state index in [4.69, 9.17) is 15.3 Å². The number of amides is 1. The Morgan fingerprint density at radius 3 is 2.94 bits per heavy atom. The molecule has 1 aromatic carbocycles. The van der Waals surface area contributed by atoms with Crippen LogP contribution in [0.5, 0.6) is 0 Å². The number of methoxy groups -OCH3 is 1. The Morgan fingerprint density at radius 1 is 1.56 bits per heavy atom. The van der Waals surface area contributed by atoms with Crippen LogP contribution in [0.25, 0.3) is 0 Å². The number of nitrogens with zero attached hydrogens (tertiary/aromatic N) is 1. The third kappa shape index (κ3) is 1.84. The summed E-state index contributed by atoms with van der Waals surface area (Å²) in [5.74, 6) is 0.0503. The Morgan fingerprint density at radius 2 is 2.31 bits per heavy atom. The number of benzene rings is 1. The molecule has 0 fully saturated rings. The highest BCUT2D eigenvalue weighted by molar-refractivity contribution is 5.94. The molecule has 2 N–H and O–H groups in total. The third-order valence-electron chi connectivity index (χ3n) is 2.45. The normalized spacial score (nSPS) is 18.8. The lowest BCUT2D eigenvalue weighted by Gasteiger charge is -2.11. The Bertz CT molecular complexity index is 443. The fraction of sp³-hybridized carbons (Fsp3) is 0.273. The van der Waals surface area contributed by atoms with Gasteiger partial charge in [0.25, 0.3) is 0 Å². The molecule has 1 aliphatic heterocycles. The Kier molecular flexibility index (Phi) is 2.76. The lowest BCUT2D eigenvalue weighted by molar-refractivity contribution is 0.0827. The van der Waals surface area contributed by atoms with Crippen LogP contribution in [-0.2, 0) is 9.57 Å². The Labute approximate surface area is 92.8 Å². The summed E-state index contributed by atoms with van der Waals surface area (Å²) < 4.78 is 4.97. The number of hydrogen-bond donors (Lipinski definition) is 1. The van der Waals surface area contributed by atoms with Crippen molar-refractivity contribution in [2.45, 2.75) is 12.5 Å². The van der Waals surface area contributed by atoms with Crippen LogP contribution in [0.1, 0.15) is 28.4 Å². The summed E-state index contributed by atoms with van der Waals surface area (Å²) in [4.78, 5) is 16.4. The summed E-state index contributed by atoms with van der Waals surface area (Å²) in [5, 5.41) is 3.75. The maximum absolute atomic E-state index is 11.2. The third-order valence-corrected chi connectivity index (χ3v) is 2.45. The van der Waals surface area contributed by atoms with Gasteiger partial charge in [-0.3, -0.25) is 4.79 Å². The van der Waals surface area contributed by atoms with Gasteiger partial charge in [-0.15, -0.1) is 0 Å². The van der Waals surface area contributed by atoms with E-state index in [0.29, 0.717) is 17.9 Å². The molecule has 1 atom stereocenters. The highest BCUT2D eigenvalue weighted by Gasteiger charge is 2.26. The standard InChI is InChI=1S/C11H12N2O3/c1-15-10-6-9(16-13-10)7-4-2-3-5-8(7)11(12)14/h2-5,9H,6H2,1H3,(H2,12,14). The van der Waals surface area contributed by atoms with Crippen LogP contribution in [0.4, 0.5) is 0 Å². The lowest BCUT2D eigenvalue weighted by atomic mass is 10.00. The van der Waals surface area contributed by atoms with Gasteiger partial charge in [-0.25, -0.2) is 0 Å². The van der Waals surface area contributed by atoms with E-state index in [1.807, 2.05) is 6.07 Å². The number of rotatable bonds is 2. The number of nitrogens with two attached hydrogens (primary N) is 1. The van der Waals surface area contributed by atoms with Gasteiger partial charge >= 0.3 is 0 Å². The van der Waals surface area contributed by atoms with Crippen LogP contribution in [0, 0.1) is 0 Å². The van der Waals surface area contributed by atoms with Crippen molar-refractivity contribution in [3.8, 4) is 0 Å². The molecule has 84 valence electrons. The molecule has 0 radical (unpaired) electrons. The molecule has 1 aliphatic rings. The van der Waals surface area contributed by atoms with Crippen molar-refractivity contribution in [3.05, 3.63) is 35.4 Å². The predicted octanol–water partition coefficient (Wildman–Crippen LogP) is 1.21. The summed E-state index contributed by atoms with van der Waals surface area (Å²) in [5.41, 5.74) is 6.49. The monoisotopic (exact) mass is 220 g/mol. The zero-order valence-corrected chi connectivity index (χ0v) is 8.84. The molecule has 1 aromatic rings. The maximum atomic E-state index is 11.2. The van der Waals surface area contributed by atoms with Crippen LogP contribution in [0.3, 0.4) is 0 Å². The Balaban J connectivity index is 2.26. The smallest absolute Gasteiger partial charge is 0.249 e. The first kappa shape index (κ1) is 10.5. The fourth-order valence-corrected chi connectivity index (χ4v) is 1.65. The van der Waals surface area contributed by atoms with Crippen molar-refractivity contribution in [3.63, 3.8) is 0 Å². The quantitative estimate of drug-likeness (QED) is 0.813. The summed E-state index contributed by atoms with van der Waals surface area (Å²) >= 11 is 0.